The summed E-state index contributed by atoms with van der Waals surface area (Å²) < 4.78 is 0. The molecule has 0 unspecified atom stereocenters. The molecule has 0 spiro atoms. The molecule has 0 atom stereocenters. The van der Waals surface area contributed by atoms with Crippen LogP contribution in [-0.2, 0) is 6.54 Å². The highest BCUT2D eigenvalue weighted by molar-refractivity contribution is 4.87. The van der Waals surface area contributed by atoms with Crippen molar-refractivity contribution in [3.63, 3.8) is 0 Å². The van der Waals surface area contributed by atoms with Gasteiger partial charge in [0, 0.05) is 6.04 Å². The topological polar surface area (TPSA) is 53.6 Å². The number of rotatable bonds is 7. The molecule has 0 fully saturated rings. The van der Waals surface area contributed by atoms with Crippen LogP contribution in [0.15, 0.2) is 0 Å². The van der Waals surface area contributed by atoms with Crippen LogP contribution in [0.1, 0.15) is 51.2 Å². The molecule has 86 valence electrons. The number of aryl methyl sites for hydroxylation is 1. The van der Waals surface area contributed by atoms with Crippen molar-refractivity contribution in [2.24, 2.45) is 0 Å². The highest BCUT2D eigenvalue weighted by atomic mass is 15.2. The summed E-state index contributed by atoms with van der Waals surface area (Å²) in [7, 11) is 0. The molecular weight excluding hydrogens is 188 g/mol. The number of hydrogen-bond donors (Lipinski definition) is 2. The summed E-state index contributed by atoms with van der Waals surface area (Å²) in [5.74, 6) is 1.75. The first-order valence-corrected chi connectivity index (χ1v) is 5.87. The van der Waals surface area contributed by atoms with Crippen LogP contribution in [-0.4, -0.2) is 21.2 Å². The Morgan fingerprint density at radius 2 is 1.93 bits per heavy atom. The van der Waals surface area contributed by atoms with Gasteiger partial charge in [-0.2, -0.15) is 5.10 Å². The van der Waals surface area contributed by atoms with Crippen LogP contribution >= 0.6 is 0 Å². The summed E-state index contributed by atoms with van der Waals surface area (Å²) in [6, 6.07) is 0.610. The van der Waals surface area contributed by atoms with E-state index in [2.05, 4.69) is 34.3 Å². The fraction of sp³-hybridized carbons (Fsp3) is 0.818. The number of aromatic amines is 1. The van der Waals surface area contributed by atoms with Crippen molar-refractivity contribution in [1.29, 1.82) is 0 Å². The van der Waals surface area contributed by atoms with Gasteiger partial charge in [0.15, 0.2) is 5.82 Å². The number of nitrogens with zero attached hydrogens (tertiary/aromatic N) is 2. The van der Waals surface area contributed by atoms with Crippen LogP contribution in [0.25, 0.3) is 0 Å². The minimum absolute atomic E-state index is 0.610. The van der Waals surface area contributed by atoms with Crippen LogP contribution in [0.3, 0.4) is 0 Å². The standard InChI is InChI=1S/C11H22N4/c1-4-6-10(7-5-2)12-8-11-13-9(3)14-15-11/h10,12H,4-8H2,1-3H3,(H,13,14,15). The van der Waals surface area contributed by atoms with Crippen molar-refractivity contribution < 1.29 is 0 Å². The maximum atomic E-state index is 4.27. The third-order valence-electron chi connectivity index (χ3n) is 2.47. The minimum Gasteiger partial charge on any atom is -0.307 e. The Bertz CT molecular complexity index is 263. The van der Waals surface area contributed by atoms with Gasteiger partial charge in [-0.15, -0.1) is 0 Å². The van der Waals surface area contributed by atoms with Crippen LogP contribution < -0.4 is 5.32 Å². The summed E-state index contributed by atoms with van der Waals surface area (Å²) in [6.45, 7) is 7.14. The van der Waals surface area contributed by atoms with Gasteiger partial charge < -0.3 is 5.32 Å². The molecule has 4 nitrogen and oxygen atoms in total. The summed E-state index contributed by atoms with van der Waals surface area (Å²) >= 11 is 0. The van der Waals surface area contributed by atoms with Gasteiger partial charge in [-0.1, -0.05) is 26.7 Å². The van der Waals surface area contributed by atoms with Crippen LogP contribution in [0.4, 0.5) is 0 Å². The molecule has 0 aromatic carbocycles. The third kappa shape index (κ3) is 4.42. The second kappa shape index (κ2) is 6.56. The maximum absolute atomic E-state index is 4.27. The average Bonchev–Trinajstić information content (AvgIpc) is 2.61. The van der Waals surface area contributed by atoms with Gasteiger partial charge >= 0.3 is 0 Å². The Balaban J connectivity index is 2.32. The number of H-pyrrole nitrogens is 1. The molecule has 2 N–H and O–H groups in total. The zero-order chi connectivity index (χ0) is 11.1. The Morgan fingerprint density at radius 3 is 2.40 bits per heavy atom. The molecule has 0 aliphatic heterocycles. The largest absolute Gasteiger partial charge is 0.307 e. The third-order valence-corrected chi connectivity index (χ3v) is 2.47. The quantitative estimate of drug-likeness (QED) is 0.725. The zero-order valence-corrected chi connectivity index (χ0v) is 10.0. The van der Waals surface area contributed by atoms with Gasteiger partial charge in [-0.05, 0) is 19.8 Å². The summed E-state index contributed by atoms with van der Waals surface area (Å²) in [5.41, 5.74) is 0. The Hall–Kier alpha value is -0.900. The van der Waals surface area contributed by atoms with Crippen molar-refractivity contribution in [3.8, 4) is 0 Å². The molecular formula is C11H22N4. The van der Waals surface area contributed by atoms with Gasteiger partial charge in [0.25, 0.3) is 0 Å². The van der Waals surface area contributed by atoms with Crippen molar-refractivity contribution in [2.75, 3.05) is 0 Å². The van der Waals surface area contributed by atoms with Crippen molar-refractivity contribution in [2.45, 2.75) is 59.0 Å². The van der Waals surface area contributed by atoms with E-state index in [-0.39, 0.29) is 0 Å². The molecule has 0 amide bonds. The fourth-order valence-corrected chi connectivity index (χ4v) is 1.75. The molecule has 0 radical (unpaired) electrons. The van der Waals surface area contributed by atoms with Crippen LogP contribution in [0.5, 0.6) is 0 Å². The second-order valence-corrected chi connectivity index (χ2v) is 3.99. The van der Waals surface area contributed by atoms with E-state index in [0.29, 0.717) is 6.04 Å². The normalized spacial score (nSPS) is 11.2. The van der Waals surface area contributed by atoms with E-state index in [1.54, 1.807) is 0 Å². The Kier molecular flexibility index (Phi) is 5.32. The van der Waals surface area contributed by atoms with Gasteiger partial charge in [0.2, 0.25) is 0 Å². The molecule has 4 heteroatoms. The minimum atomic E-state index is 0.610. The number of nitrogens with one attached hydrogen (secondary N) is 2. The SMILES string of the molecule is CCCC(CCC)NCc1n[nH]c(C)n1. The van der Waals surface area contributed by atoms with E-state index in [9.17, 15) is 0 Å². The molecule has 1 aromatic heterocycles. The molecule has 1 heterocycles. The van der Waals surface area contributed by atoms with Crippen molar-refractivity contribution in [3.05, 3.63) is 11.6 Å². The molecule has 0 bridgehead atoms. The number of hydrogen-bond acceptors (Lipinski definition) is 3. The van der Waals surface area contributed by atoms with E-state index in [0.717, 1.165) is 18.2 Å². The smallest absolute Gasteiger partial charge is 0.164 e. The molecule has 1 rings (SSSR count). The molecule has 0 saturated heterocycles. The molecule has 0 saturated carbocycles. The predicted molar refractivity (Wildman–Crippen MR) is 61.6 cm³/mol. The lowest BCUT2D eigenvalue weighted by atomic mass is 10.1. The van der Waals surface area contributed by atoms with E-state index in [1.165, 1.54) is 25.7 Å². The van der Waals surface area contributed by atoms with E-state index in [1.807, 2.05) is 6.92 Å². The van der Waals surface area contributed by atoms with Gasteiger partial charge in [-0.3, -0.25) is 5.10 Å². The van der Waals surface area contributed by atoms with E-state index >= 15 is 0 Å². The van der Waals surface area contributed by atoms with Crippen molar-refractivity contribution >= 4 is 0 Å². The predicted octanol–water partition coefficient (Wildman–Crippen LogP) is 2.17. The Morgan fingerprint density at radius 1 is 1.27 bits per heavy atom. The summed E-state index contributed by atoms with van der Waals surface area (Å²) in [6.07, 6.45) is 4.92. The van der Waals surface area contributed by atoms with Crippen LogP contribution in [0, 0.1) is 6.92 Å². The lowest BCUT2D eigenvalue weighted by molar-refractivity contribution is 0.438. The summed E-state index contributed by atoms with van der Waals surface area (Å²) in [5, 5.41) is 10.5. The molecule has 1 aromatic rings. The fourth-order valence-electron chi connectivity index (χ4n) is 1.75. The highest BCUT2D eigenvalue weighted by Crippen LogP contribution is 2.05. The van der Waals surface area contributed by atoms with E-state index < -0.39 is 0 Å². The lowest BCUT2D eigenvalue weighted by Gasteiger charge is -2.15. The molecule has 15 heavy (non-hydrogen) atoms. The van der Waals surface area contributed by atoms with E-state index in [4.69, 9.17) is 0 Å². The zero-order valence-electron chi connectivity index (χ0n) is 10.0. The van der Waals surface area contributed by atoms with Gasteiger partial charge in [0.1, 0.15) is 5.82 Å². The van der Waals surface area contributed by atoms with Gasteiger partial charge in [0.05, 0.1) is 6.54 Å². The first kappa shape index (κ1) is 12.2. The monoisotopic (exact) mass is 210 g/mol. The maximum Gasteiger partial charge on any atom is 0.164 e. The summed E-state index contributed by atoms with van der Waals surface area (Å²) in [4.78, 5) is 4.27. The molecule has 0 aliphatic rings. The number of aromatic nitrogens is 3. The highest BCUT2D eigenvalue weighted by Gasteiger charge is 2.07. The molecule has 0 aliphatic carbocycles. The Labute approximate surface area is 91.9 Å². The second-order valence-electron chi connectivity index (χ2n) is 3.99. The van der Waals surface area contributed by atoms with Gasteiger partial charge in [-0.25, -0.2) is 4.98 Å². The lowest BCUT2D eigenvalue weighted by Crippen LogP contribution is -2.28. The first-order chi connectivity index (χ1) is 7.26. The first-order valence-electron chi connectivity index (χ1n) is 5.87. The average molecular weight is 210 g/mol. The van der Waals surface area contributed by atoms with Crippen LogP contribution in [0.2, 0.25) is 0 Å². The van der Waals surface area contributed by atoms with Crippen molar-refractivity contribution in [1.82, 2.24) is 20.5 Å².